The number of aliphatic imine (C=N–C) groups is 1. The lowest BCUT2D eigenvalue weighted by Crippen LogP contribution is -2.50. The van der Waals surface area contributed by atoms with Crippen molar-refractivity contribution in [2.24, 2.45) is 22.6 Å². The van der Waals surface area contributed by atoms with Crippen LogP contribution in [0.25, 0.3) is 0 Å². The van der Waals surface area contributed by atoms with Crippen molar-refractivity contribution in [2.75, 3.05) is 123 Å². The zero-order valence-corrected chi connectivity index (χ0v) is 46.4. The van der Waals surface area contributed by atoms with E-state index in [2.05, 4.69) is 52.4 Å². The van der Waals surface area contributed by atoms with Gasteiger partial charge in [-0.2, -0.15) is 0 Å². The molecule has 1 aliphatic carbocycles. The molecule has 2 aromatic carbocycles. The number of carbonyl (C=O) groups is 8. The summed E-state index contributed by atoms with van der Waals surface area (Å²) in [6, 6.07) is 12.3. The number of aromatic hydroxyl groups is 1. The maximum atomic E-state index is 13.6. The molecule has 1 unspecified atom stereocenters. The summed E-state index contributed by atoms with van der Waals surface area (Å²) >= 11 is 0. The molecule has 0 spiro atoms. The highest BCUT2D eigenvalue weighted by Crippen LogP contribution is 2.28. The van der Waals surface area contributed by atoms with Gasteiger partial charge in [0, 0.05) is 116 Å². The first-order valence-corrected chi connectivity index (χ1v) is 27.7. The summed E-state index contributed by atoms with van der Waals surface area (Å²) in [5.41, 5.74) is 8.21. The van der Waals surface area contributed by atoms with E-state index in [4.69, 9.17) is 5.73 Å². The van der Waals surface area contributed by atoms with Crippen LogP contribution in [0.4, 0.5) is 10.5 Å². The van der Waals surface area contributed by atoms with Crippen molar-refractivity contribution in [3.8, 4) is 5.75 Å². The van der Waals surface area contributed by atoms with Crippen LogP contribution < -0.4 is 48.3 Å². The van der Waals surface area contributed by atoms with E-state index in [-0.39, 0.29) is 87.6 Å². The van der Waals surface area contributed by atoms with E-state index < -0.39 is 41.8 Å². The highest BCUT2D eigenvalue weighted by molar-refractivity contribution is 5.95. The number of hydrogen-bond donors (Lipinski definition) is 13. The van der Waals surface area contributed by atoms with Crippen LogP contribution in [0.1, 0.15) is 82.3 Å². The zero-order chi connectivity index (χ0) is 58.2. The molecule has 4 rings (SSSR count). The fourth-order valence-corrected chi connectivity index (χ4v) is 9.25. The Morgan fingerprint density at radius 1 is 0.662 bits per heavy atom. The Balaban J connectivity index is 1.17. The van der Waals surface area contributed by atoms with E-state index in [9.17, 15) is 58.8 Å². The van der Waals surface area contributed by atoms with Crippen molar-refractivity contribution in [3.63, 3.8) is 0 Å². The number of carbonyl (C=O) groups excluding carboxylic acids is 5. The molecule has 26 nitrogen and oxygen atoms in total. The molecule has 1 heterocycles. The Morgan fingerprint density at radius 3 is 1.79 bits per heavy atom. The third kappa shape index (κ3) is 26.7. The normalized spacial score (nSPS) is 18.0. The molecule has 1 saturated heterocycles. The largest absolute Gasteiger partial charge is 0.508 e. The molecule has 80 heavy (non-hydrogen) atoms. The fourth-order valence-electron chi connectivity index (χ4n) is 9.25. The summed E-state index contributed by atoms with van der Waals surface area (Å²) in [7, 11) is 0. The molecule has 2 aliphatic rings. The van der Waals surface area contributed by atoms with Crippen molar-refractivity contribution >= 4 is 59.2 Å². The fraction of sp³-hybridized carbons (Fsp3) is 0.611. The lowest BCUT2D eigenvalue weighted by atomic mass is 9.81. The molecule has 1 saturated carbocycles. The van der Waals surface area contributed by atoms with Gasteiger partial charge in [-0.15, -0.1) is 0 Å². The van der Waals surface area contributed by atoms with Gasteiger partial charge in [0.1, 0.15) is 11.8 Å². The standard InChI is InChI=1S/C54H86N14O12/c1-3-46(70)58-22-23-61-54(80)64-53(55)60-19-4-6-45(52(79)62-33-40-9-17-44(69)18-10-40)63-50(77)38(2)41-13-15-43(16-14-41)57-20-5-21-59-51(78)42-11-7-39(8-12-42)32-56-37-68-30-28-66(35-48(73)74)26-24-65(34-47(71)72)25-27-67(29-31-68)36-49(75)76/h9-10,13-18,38-39,42,45,56-57,69H,3-8,11-12,19-37H2,1-2H3,(H,58,70)(H,59,78)(H,62,79)(H,63,77)(H,71,72)(H,73,74)(H,75,76)(H4,55,60,61,64,80)/t38?,39?,42?,45-/m1/s1. The molecule has 26 heteroatoms. The first kappa shape index (κ1) is 65.4. The van der Waals surface area contributed by atoms with Crippen molar-refractivity contribution in [2.45, 2.75) is 83.7 Å². The van der Waals surface area contributed by atoms with Crippen LogP contribution in [-0.4, -0.2) is 218 Å². The molecule has 6 amide bonds. The van der Waals surface area contributed by atoms with Crippen LogP contribution in [0.3, 0.4) is 0 Å². The zero-order valence-electron chi connectivity index (χ0n) is 46.4. The summed E-state index contributed by atoms with van der Waals surface area (Å²) in [5.74, 6) is -4.11. The van der Waals surface area contributed by atoms with Gasteiger partial charge in [-0.1, -0.05) is 31.2 Å². The highest BCUT2D eigenvalue weighted by Gasteiger charge is 2.28. The maximum Gasteiger partial charge on any atom is 0.321 e. The number of nitrogens with two attached hydrogens (primary N) is 1. The average molecular weight is 1120 g/mol. The van der Waals surface area contributed by atoms with Crippen LogP contribution in [0.2, 0.25) is 0 Å². The number of amides is 6. The van der Waals surface area contributed by atoms with E-state index in [1.165, 1.54) is 12.1 Å². The number of carboxylic acid groups (broad SMARTS) is 3. The van der Waals surface area contributed by atoms with E-state index in [0.717, 1.165) is 49.0 Å². The van der Waals surface area contributed by atoms with Gasteiger partial charge < -0.3 is 63.4 Å². The van der Waals surface area contributed by atoms with Crippen molar-refractivity contribution in [1.29, 1.82) is 0 Å². The predicted molar refractivity (Wildman–Crippen MR) is 301 cm³/mol. The lowest BCUT2D eigenvalue weighted by Gasteiger charge is -2.33. The number of aliphatic carboxylic acids is 3. The number of phenols is 1. The van der Waals surface area contributed by atoms with Gasteiger partial charge in [-0.25, -0.2) is 4.79 Å². The first-order chi connectivity index (χ1) is 38.4. The molecule has 2 atom stereocenters. The minimum absolute atomic E-state index is 0.0486. The lowest BCUT2D eigenvalue weighted by molar-refractivity contribution is -0.140. The van der Waals surface area contributed by atoms with Gasteiger partial charge in [-0.3, -0.25) is 63.5 Å². The third-order valence-electron chi connectivity index (χ3n) is 14.0. The molecule has 14 N–H and O–H groups in total. The quantitative estimate of drug-likeness (QED) is 0.0277. The Kier molecular flexibility index (Phi) is 29.6. The van der Waals surface area contributed by atoms with Crippen molar-refractivity contribution in [1.82, 2.24) is 56.8 Å². The highest BCUT2D eigenvalue weighted by atomic mass is 16.4. The number of nitrogens with zero attached hydrogens (tertiary/aromatic N) is 5. The Morgan fingerprint density at radius 2 is 1.23 bits per heavy atom. The average Bonchev–Trinajstić information content (AvgIpc) is 3.43. The van der Waals surface area contributed by atoms with Crippen LogP contribution >= 0.6 is 0 Å². The number of rotatable bonds is 30. The molecule has 0 radical (unpaired) electrons. The second-order valence-electron chi connectivity index (χ2n) is 20.3. The van der Waals surface area contributed by atoms with E-state index >= 15 is 0 Å². The molecule has 2 aromatic rings. The van der Waals surface area contributed by atoms with Gasteiger partial charge >= 0.3 is 23.9 Å². The maximum absolute atomic E-state index is 13.6. The monoisotopic (exact) mass is 1120 g/mol. The number of nitrogens with one attached hydrogen (secondary N) is 8. The van der Waals surface area contributed by atoms with Gasteiger partial charge in [0.05, 0.1) is 25.6 Å². The summed E-state index contributed by atoms with van der Waals surface area (Å²) in [5, 5.41) is 61.5. The number of urea groups is 1. The van der Waals surface area contributed by atoms with E-state index in [0.29, 0.717) is 97.3 Å². The Bertz CT molecular complexity index is 2270. The van der Waals surface area contributed by atoms with Gasteiger partial charge in [-0.05, 0) is 99.7 Å². The number of anilines is 1. The molecule has 444 valence electrons. The second-order valence-corrected chi connectivity index (χ2v) is 20.3. The second kappa shape index (κ2) is 36.2. The number of carboxylic acids is 3. The SMILES string of the molecule is CCC(=O)NCCNC(=O)NC(N)=NCCC[C@@H](NC(=O)C(C)c1ccc(NCCCNC(=O)C2CCC(CNCN3CCN(CC(=O)O)CCN(CC(=O)O)CCN(CC(=O)O)CC3)CC2)cc1)C(=O)NCc1ccc(O)cc1. The Labute approximate surface area is 468 Å². The Hall–Kier alpha value is -7.13. The number of guanidine groups is 1. The van der Waals surface area contributed by atoms with Crippen LogP contribution in [0.15, 0.2) is 53.5 Å². The number of benzene rings is 2. The summed E-state index contributed by atoms with van der Waals surface area (Å²) < 4.78 is 0. The van der Waals surface area contributed by atoms with E-state index in [1.807, 2.05) is 24.3 Å². The van der Waals surface area contributed by atoms with Gasteiger partial charge in [0.2, 0.25) is 23.6 Å². The number of phenolic OH excluding ortho intramolecular Hbond substituents is 1. The van der Waals surface area contributed by atoms with E-state index in [1.54, 1.807) is 40.7 Å². The van der Waals surface area contributed by atoms with Crippen LogP contribution in [0, 0.1) is 11.8 Å². The number of hydrogen-bond acceptors (Lipinski definition) is 16. The van der Waals surface area contributed by atoms with Gasteiger partial charge in [0.25, 0.3) is 0 Å². The molecule has 1 aliphatic heterocycles. The minimum Gasteiger partial charge on any atom is -0.508 e. The smallest absolute Gasteiger partial charge is 0.321 e. The van der Waals surface area contributed by atoms with Crippen LogP contribution in [0.5, 0.6) is 5.75 Å². The topological polar surface area (TPSA) is 365 Å². The van der Waals surface area contributed by atoms with Crippen molar-refractivity contribution < 1.29 is 58.8 Å². The van der Waals surface area contributed by atoms with Crippen LogP contribution in [-0.2, 0) is 40.1 Å². The summed E-state index contributed by atoms with van der Waals surface area (Å²) in [6.45, 7) is 9.46. The minimum atomic E-state index is -1.00. The van der Waals surface area contributed by atoms with Gasteiger partial charge in [0.15, 0.2) is 5.96 Å². The first-order valence-electron chi connectivity index (χ1n) is 27.7. The molecule has 0 aromatic heterocycles. The molecule has 2 fully saturated rings. The molecular formula is C54H86N14O12. The third-order valence-corrected chi connectivity index (χ3v) is 14.0. The predicted octanol–water partition coefficient (Wildman–Crippen LogP) is -0.0357. The van der Waals surface area contributed by atoms with Crippen molar-refractivity contribution in [3.05, 3.63) is 59.7 Å². The molecule has 0 bridgehead atoms. The summed E-state index contributed by atoms with van der Waals surface area (Å²) in [6.07, 6.45) is 4.93. The molecular weight excluding hydrogens is 1040 g/mol. The summed E-state index contributed by atoms with van der Waals surface area (Å²) in [4.78, 5) is 110.